The zero-order valence-corrected chi connectivity index (χ0v) is 13.8. The Bertz CT molecular complexity index is 399. The lowest BCUT2D eigenvalue weighted by Crippen LogP contribution is -2.41. The molecule has 2 rings (SSSR count). The smallest absolute Gasteiger partial charge is 0.0356 e. The maximum atomic E-state index is 3.68. The van der Waals surface area contributed by atoms with Gasteiger partial charge in [-0.2, -0.15) is 0 Å². The van der Waals surface area contributed by atoms with Crippen molar-refractivity contribution in [3.05, 3.63) is 28.2 Å². The lowest BCUT2D eigenvalue weighted by atomic mass is 9.91. The Balaban J connectivity index is 1.98. The summed E-state index contributed by atoms with van der Waals surface area (Å²) in [6.07, 6.45) is 2.68. The molecule has 1 aliphatic heterocycles. The molecule has 19 heavy (non-hydrogen) atoms. The number of hydrogen-bond donors (Lipinski definition) is 1. The molecule has 1 heterocycles. The van der Waals surface area contributed by atoms with Gasteiger partial charge in [-0.15, -0.1) is 0 Å². The number of rotatable bonds is 4. The molecule has 0 radical (unpaired) electrons. The van der Waals surface area contributed by atoms with E-state index in [0.717, 1.165) is 10.4 Å². The van der Waals surface area contributed by atoms with Crippen LogP contribution in [0.3, 0.4) is 0 Å². The van der Waals surface area contributed by atoms with Gasteiger partial charge in [0.1, 0.15) is 0 Å². The van der Waals surface area contributed by atoms with Crippen LogP contribution >= 0.6 is 15.9 Å². The second kappa shape index (κ2) is 6.76. The van der Waals surface area contributed by atoms with Crippen LogP contribution in [0.15, 0.2) is 22.7 Å². The number of benzene rings is 1. The van der Waals surface area contributed by atoms with Crippen molar-refractivity contribution in [3.63, 3.8) is 0 Å². The number of nitrogens with one attached hydrogen (secondary N) is 1. The Morgan fingerprint density at radius 1 is 1.42 bits per heavy atom. The predicted molar refractivity (Wildman–Crippen MR) is 86.8 cm³/mol. The molecular weight excluding hydrogens is 300 g/mol. The van der Waals surface area contributed by atoms with E-state index in [9.17, 15) is 0 Å². The Labute approximate surface area is 125 Å². The van der Waals surface area contributed by atoms with E-state index in [-0.39, 0.29) is 0 Å². The fourth-order valence-electron chi connectivity index (χ4n) is 2.99. The first-order valence-electron chi connectivity index (χ1n) is 7.34. The van der Waals surface area contributed by atoms with Crippen LogP contribution in [0.1, 0.15) is 32.3 Å². The fourth-order valence-corrected chi connectivity index (χ4v) is 3.59. The largest absolute Gasteiger partial charge is 0.382 e. The third-order valence-corrected chi connectivity index (χ3v) is 4.59. The standard InChI is InChI=1S/C16H25BrN2/c1-4-19-7-5-6-14(11-19)13(3)18-16-9-12(2)8-15(17)10-16/h8-10,13-14,18H,4-7,11H2,1-3H3. The van der Waals surface area contributed by atoms with E-state index >= 15 is 0 Å². The van der Waals surface area contributed by atoms with Gasteiger partial charge in [-0.1, -0.05) is 22.9 Å². The summed E-state index contributed by atoms with van der Waals surface area (Å²) in [5.74, 6) is 0.757. The third-order valence-electron chi connectivity index (χ3n) is 4.13. The van der Waals surface area contributed by atoms with E-state index in [2.05, 4.69) is 65.1 Å². The normalized spacial score (nSPS) is 22.2. The van der Waals surface area contributed by atoms with Crippen LogP contribution < -0.4 is 5.32 Å². The zero-order valence-electron chi connectivity index (χ0n) is 12.2. The van der Waals surface area contributed by atoms with E-state index in [0.29, 0.717) is 6.04 Å². The van der Waals surface area contributed by atoms with Crippen molar-refractivity contribution >= 4 is 21.6 Å². The van der Waals surface area contributed by atoms with Crippen molar-refractivity contribution in [2.45, 2.75) is 39.7 Å². The summed E-state index contributed by atoms with van der Waals surface area (Å²) in [5, 5.41) is 3.68. The van der Waals surface area contributed by atoms with Crippen molar-refractivity contribution in [3.8, 4) is 0 Å². The topological polar surface area (TPSA) is 15.3 Å². The molecule has 0 saturated carbocycles. The molecule has 2 atom stereocenters. The van der Waals surface area contributed by atoms with Crippen LogP contribution in [-0.4, -0.2) is 30.6 Å². The monoisotopic (exact) mass is 324 g/mol. The SMILES string of the molecule is CCN1CCCC(C(C)Nc2cc(C)cc(Br)c2)C1. The van der Waals surface area contributed by atoms with Gasteiger partial charge in [0.05, 0.1) is 0 Å². The van der Waals surface area contributed by atoms with Crippen molar-refractivity contribution in [2.75, 3.05) is 25.0 Å². The molecule has 0 aliphatic carbocycles. The summed E-state index contributed by atoms with van der Waals surface area (Å²) in [5.41, 5.74) is 2.52. The van der Waals surface area contributed by atoms with Crippen molar-refractivity contribution in [2.24, 2.45) is 5.92 Å². The number of likely N-dealkylation sites (tertiary alicyclic amines) is 1. The third kappa shape index (κ3) is 4.22. The van der Waals surface area contributed by atoms with Crippen molar-refractivity contribution < 1.29 is 0 Å². The highest BCUT2D eigenvalue weighted by molar-refractivity contribution is 9.10. The number of anilines is 1. The predicted octanol–water partition coefficient (Wildman–Crippen LogP) is 4.29. The highest BCUT2D eigenvalue weighted by Crippen LogP contribution is 2.24. The van der Waals surface area contributed by atoms with Gasteiger partial charge >= 0.3 is 0 Å². The molecule has 0 bridgehead atoms. The van der Waals surface area contributed by atoms with Crippen LogP contribution in [-0.2, 0) is 0 Å². The van der Waals surface area contributed by atoms with Gasteiger partial charge in [-0.25, -0.2) is 0 Å². The summed E-state index contributed by atoms with van der Waals surface area (Å²) >= 11 is 3.57. The average Bonchev–Trinajstić information content (AvgIpc) is 2.37. The van der Waals surface area contributed by atoms with Gasteiger partial charge in [-0.05, 0) is 69.5 Å². The van der Waals surface area contributed by atoms with E-state index in [1.807, 2.05) is 0 Å². The molecule has 1 N–H and O–H groups in total. The van der Waals surface area contributed by atoms with Gasteiger partial charge in [0.2, 0.25) is 0 Å². The average molecular weight is 325 g/mol. The number of hydrogen-bond acceptors (Lipinski definition) is 2. The summed E-state index contributed by atoms with van der Waals surface area (Å²) in [6.45, 7) is 10.4. The van der Waals surface area contributed by atoms with Crippen LogP contribution in [0.2, 0.25) is 0 Å². The van der Waals surface area contributed by atoms with Crippen LogP contribution in [0.25, 0.3) is 0 Å². The van der Waals surface area contributed by atoms with Crippen LogP contribution in [0, 0.1) is 12.8 Å². The van der Waals surface area contributed by atoms with Crippen LogP contribution in [0.4, 0.5) is 5.69 Å². The van der Waals surface area contributed by atoms with Crippen LogP contribution in [0.5, 0.6) is 0 Å². The second-order valence-corrected chi connectivity index (χ2v) is 6.66. The fraction of sp³-hybridized carbons (Fsp3) is 0.625. The molecule has 1 aromatic carbocycles. The number of aryl methyl sites for hydroxylation is 1. The minimum atomic E-state index is 0.531. The summed E-state index contributed by atoms with van der Waals surface area (Å²) in [4.78, 5) is 2.57. The van der Waals surface area contributed by atoms with E-state index in [4.69, 9.17) is 0 Å². The number of halogens is 1. The Kier molecular flexibility index (Phi) is 5.28. The Morgan fingerprint density at radius 3 is 2.89 bits per heavy atom. The van der Waals surface area contributed by atoms with Crippen molar-refractivity contribution in [1.82, 2.24) is 4.90 Å². The van der Waals surface area contributed by atoms with Crippen molar-refractivity contribution in [1.29, 1.82) is 0 Å². The highest BCUT2D eigenvalue weighted by atomic mass is 79.9. The van der Waals surface area contributed by atoms with E-state index in [1.54, 1.807) is 0 Å². The molecule has 1 saturated heterocycles. The molecule has 1 fully saturated rings. The molecule has 106 valence electrons. The van der Waals surface area contributed by atoms with E-state index in [1.165, 1.54) is 43.7 Å². The molecular formula is C16H25BrN2. The molecule has 1 aromatic rings. The first-order valence-corrected chi connectivity index (χ1v) is 8.14. The minimum Gasteiger partial charge on any atom is -0.382 e. The van der Waals surface area contributed by atoms with Gasteiger partial charge in [0, 0.05) is 22.7 Å². The second-order valence-electron chi connectivity index (χ2n) is 5.75. The molecule has 1 aliphatic rings. The number of piperidine rings is 1. The summed E-state index contributed by atoms with van der Waals surface area (Å²) < 4.78 is 1.15. The first kappa shape index (κ1) is 14.9. The Morgan fingerprint density at radius 2 is 2.21 bits per heavy atom. The molecule has 0 aromatic heterocycles. The molecule has 2 nitrogen and oxygen atoms in total. The first-order chi connectivity index (χ1) is 9.08. The van der Waals surface area contributed by atoms with Gasteiger partial charge in [0.25, 0.3) is 0 Å². The number of nitrogens with zero attached hydrogens (tertiary/aromatic N) is 1. The maximum Gasteiger partial charge on any atom is 0.0356 e. The lowest BCUT2D eigenvalue weighted by Gasteiger charge is -2.35. The molecule has 0 spiro atoms. The summed E-state index contributed by atoms with van der Waals surface area (Å²) in [7, 11) is 0. The molecule has 3 heteroatoms. The highest BCUT2D eigenvalue weighted by Gasteiger charge is 2.23. The van der Waals surface area contributed by atoms with Gasteiger partial charge in [-0.3, -0.25) is 0 Å². The lowest BCUT2D eigenvalue weighted by molar-refractivity contribution is 0.172. The maximum absolute atomic E-state index is 3.68. The Hall–Kier alpha value is -0.540. The summed E-state index contributed by atoms with van der Waals surface area (Å²) in [6, 6.07) is 7.07. The van der Waals surface area contributed by atoms with E-state index < -0.39 is 0 Å². The minimum absolute atomic E-state index is 0.531. The van der Waals surface area contributed by atoms with Gasteiger partial charge in [0.15, 0.2) is 0 Å². The zero-order chi connectivity index (χ0) is 13.8. The quantitative estimate of drug-likeness (QED) is 0.888. The van der Waals surface area contributed by atoms with Gasteiger partial charge < -0.3 is 10.2 Å². The molecule has 0 amide bonds. The molecule has 2 unspecified atom stereocenters.